The summed E-state index contributed by atoms with van der Waals surface area (Å²) < 4.78 is 0. The average Bonchev–Trinajstić information content (AvgIpc) is 2.30. The number of hydrogen-bond donors (Lipinski definition) is 2. The lowest BCUT2D eigenvalue weighted by atomic mass is 10.2. The second-order valence-electron chi connectivity index (χ2n) is 2.46. The Balaban J connectivity index is 2.68. The molecule has 1 heterocycles. The summed E-state index contributed by atoms with van der Waals surface area (Å²) >= 11 is 0. The van der Waals surface area contributed by atoms with Crippen LogP contribution in [0.25, 0.3) is 0 Å². The van der Waals surface area contributed by atoms with Crippen LogP contribution in [0.15, 0.2) is 0 Å². The molecule has 11 heavy (non-hydrogen) atoms. The molecule has 5 nitrogen and oxygen atoms in total. The van der Waals surface area contributed by atoms with E-state index in [9.17, 15) is 9.59 Å². The molecule has 0 aliphatic carbocycles. The van der Waals surface area contributed by atoms with Gasteiger partial charge in [0.15, 0.2) is 0 Å². The van der Waals surface area contributed by atoms with E-state index in [4.69, 9.17) is 10.2 Å². The van der Waals surface area contributed by atoms with Gasteiger partial charge in [-0.1, -0.05) is 0 Å². The highest BCUT2D eigenvalue weighted by atomic mass is 16.4. The summed E-state index contributed by atoms with van der Waals surface area (Å²) in [6, 6.07) is -0.868. The van der Waals surface area contributed by atoms with Crippen molar-refractivity contribution in [3.05, 3.63) is 0 Å². The van der Waals surface area contributed by atoms with Gasteiger partial charge in [0, 0.05) is 6.54 Å². The van der Waals surface area contributed by atoms with Crippen LogP contribution in [-0.4, -0.2) is 46.2 Å². The highest BCUT2D eigenvalue weighted by Gasteiger charge is 2.35. The molecular weight excluding hydrogens is 150 g/mol. The molecule has 1 amide bonds. The first-order chi connectivity index (χ1) is 5.16. The van der Waals surface area contributed by atoms with Crippen LogP contribution in [0.2, 0.25) is 0 Å². The lowest BCUT2D eigenvalue weighted by molar-refractivity contribution is -0.113. The molecular formula is C6H9NO4. The van der Waals surface area contributed by atoms with Crippen molar-refractivity contribution >= 4 is 12.4 Å². The number of aliphatic hydroxyl groups is 1. The standard InChI is InChI=1S/C6H9NO4/c8-3-4-5(9)1-2-7(4)6(10)11/h3-5,9H,1-2H2,(H,10,11)/t4-,5+/m1/s1. The lowest BCUT2D eigenvalue weighted by Crippen LogP contribution is -2.39. The zero-order valence-electron chi connectivity index (χ0n) is 5.80. The van der Waals surface area contributed by atoms with E-state index in [2.05, 4.69) is 0 Å². The van der Waals surface area contributed by atoms with Gasteiger partial charge >= 0.3 is 6.09 Å². The van der Waals surface area contributed by atoms with Crippen molar-refractivity contribution in [2.24, 2.45) is 0 Å². The molecule has 0 bridgehead atoms. The normalized spacial score (nSPS) is 30.5. The molecule has 2 N–H and O–H groups in total. The van der Waals surface area contributed by atoms with Gasteiger partial charge < -0.3 is 15.0 Å². The number of aliphatic hydroxyl groups excluding tert-OH is 1. The number of likely N-dealkylation sites (tertiary alicyclic amines) is 1. The van der Waals surface area contributed by atoms with E-state index in [1.807, 2.05) is 0 Å². The van der Waals surface area contributed by atoms with Crippen LogP contribution < -0.4 is 0 Å². The molecule has 0 unspecified atom stereocenters. The highest BCUT2D eigenvalue weighted by Crippen LogP contribution is 2.15. The smallest absolute Gasteiger partial charge is 0.407 e. The number of amides is 1. The molecule has 5 heteroatoms. The van der Waals surface area contributed by atoms with Gasteiger partial charge in [-0.05, 0) is 6.42 Å². The number of hydrogen-bond acceptors (Lipinski definition) is 3. The predicted molar refractivity (Wildman–Crippen MR) is 35.2 cm³/mol. The van der Waals surface area contributed by atoms with E-state index in [0.29, 0.717) is 12.7 Å². The first-order valence-electron chi connectivity index (χ1n) is 3.29. The first kappa shape index (κ1) is 8.00. The number of rotatable bonds is 1. The van der Waals surface area contributed by atoms with Gasteiger partial charge in [-0.25, -0.2) is 4.79 Å². The molecule has 0 aromatic rings. The Morgan fingerprint density at radius 2 is 2.27 bits per heavy atom. The maximum absolute atomic E-state index is 10.4. The molecule has 0 aromatic heterocycles. The van der Waals surface area contributed by atoms with Crippen LogP contribution in [-0.2, 0) is 4.79 Å². The summed E-state index contributed by atoms with van der Waals surface area (Å²) in [5.74, 6) is 0. The van der Waals surface area contributed by atoms with Crippen LogP contribution in [0, 0.1) is 0 Å². The summed E-state index contributed by atoms with van der Waals surface area (Å²) in [6.07, 6.45) is -1.18. The summed E-state index contributed by atoms with van der Waals surface area (Å²) in [4.78, 5) is 21.6. The second-order valence-corrected chi connectivity index (χ2v) is 2.46. The van der Waals surface area contributed by atoms with Crippen LogP contribution in [0.1, 0.15) is 6.42 Å². The van der Waals surface area contributed by atoms with Crippen LogP contribution in [0.3, 0.4) is 0 Å². The van der Waals surface area contributed by atoms with Crippen molar-refractivity contribution in [1.82, 2.24) is 4.90 Å². The van der Waals surface area contributed by atoms with E-state index in [1.165, 1.54) is 0 Å². The zero-order valence-corrected chi connectivity index (χ0v) is 5.80. The second kappa shape index (κ2) is 2.87. The Bertz CT molecular complexity index is 181. The third-order valence-electron chi connectivity index (χ3n) is 1.81. The molecule has 0 spiro atoms. The van der Waals surface area contributed by atoms with Gasteiger partial charge in [0.1, 0.15) is 12.3 Å². The van der Waals surface area contributed by atoms with Crippen LogP contribution in [0.4, 0.5) is 4.79 Å². The Hall–Kier alpha value is -1.10. The average molecular weight is 159 g/mol. The van der Waals surface area contributed by atoms with E-state index in [0.717, 1.165) is 4.90 Å². The molecule has 0 saturated carbocycles. The topological polar surface area (TPSA) is 77.8 Å². The lowest BCUT2D eigenvalue weighted by Gasteiger charge is -2.16. The minimum absolute atomic E-state index is 0.236. The number of nitrogens with zero attached hydrogens (tertiary/aromatic N) is 1. The quantitative estimate of drug-likeness (QED) is 0.496. The third kappa shape index (κ3) is 1.32. The highest BCUT2D eigenvalue weighted by molar-refractivity contribution is 5.73. The fourth-order valence-corrected chi connectivity index (χ4v) is 1.19. The zero-order chi connectivity index (χ0) is 8.43. The first-order valence-corrected chi connectivity index (χ1v) is 3.29. The Kier molecular flexibility index (Phi) is 2.09. The van der Waals surface area contributed by atoms with Crippen molar-refractivity contribution in [3.63, 3.8) is 0 Å². The van der Waals surface area contributed by atoms with Gasteiger partial charge in [0.25, 0.3) is 0 Å². The number of aldehydes is 1. The van der Waals surface area contributed by atoms with Crippen molar-refractivity contribution in [2.45, 2.75) is 18.6 Å². The number of carboxylic acid groups (broad SMARTS) is 1. The van der Waals surface area contributed by atoms with Gasteiger partial charge in [0.05, 0.1) is 6.10 Å². The Labute approximate surface area is 63.2 Å². The summed E-state index contributed by atoms with van der Waals surface area (Å²) in [7, 11) is 0. The molecule has 0 radical (unpaired) electrons. The van der Waals surface area contributed by atoms with Gasteiger partial charge in [0.2, 0.25) is 0 Å². The van der Waals surface area contributed by atoms with Crippen molar-refractivity contribution in [3.8, 4) is 0 Å². The molecule has 1 fully saturated rings. The van der Waals surface area contributed by atoms with Crippen molar-refractivity contribution in [2.75, 3.05) is 6.54 Å². The maximum Gasteiger partial charge on any atom is 0.407 e. The van der Waals surface area contributed by atoms with Gasteiger partial charge in [-0.15, -0.1) is 0 Å². The van der Waals surface area contributed by atoms with Crippen LogP contribution in [0.5, 0.6) is 0 Å². The van der Waals surface area contributed by atoms with Crippen molar-refractivity contribution < 1.29 is 19.8 Å². The van der Waals surface area contributed by atoms with E-state index >= 15 is 0 Å². The van der Waals surface area contributed by atoms with Crippen molar-refractivity contribution in [1.29, 1.82) is 0 Å². The molecule has 1 aliphatic rings. The third-order valence-corrected chi connectivity index (χ3v) is 1.81. The monoisotopic (exact) mass is 159 g/mol. The Morgan fingerprint density at radius 1 is 1.64 bits per heavy atom. The van der Waals surface area contributed by atoms with Gasteiger partial charge in [-0.2, -0.15) is 0 Å². The number of carbonyl (C=O) groups is 2. The molecule has 1 saturated heterocycles. The summed E-state index contributed by atoms with van der Waals surface area (Å²) in [6.45, 7) is 0.236. The predicted octanol–water partition coefficient (Wildman–Crippen LogP) is -0.701. The fourth-order valence-electron chi connectivity index (χ4n) is 1.19. The fraction of sp³-hybridized carbons (Fsp3) is 0.667. The largest absolute Gasteiger partial charge is 0.465 e. The SMILES string of the molecule is O=C[C@@H]1[C@@H](O)CCN1C(=O)O. The van der Waals surface area contributed by atoms with Crippen LogP contribution >= 0.6 is 0 Å². The minimum Gasteiger partial charge on any atom is -0.465 e. The summed E-state index contributed by atoms with van der Waals surface area (Å²) in [5.41, 5.74) is 0. The summed E-state index contributed by atoms with van der Waals surface area (Å²) in [5, 5.41) is 17.6. The number of carbonyl (C=O) groups excluding carboxylic acids is 1. The molecule has 0 aromatic carbocycles. The molecule has 2 atom stereocenters. The molecule has 1 aliphatic heterocycles. The van der Waals surface area contributed by atoms with E-state index < -0.39 is 18.2 Å². The van der Waals surface area contributed by atoms with E-state index in [1.54, 1.807) is 0 Å². The molecule has 62 valence electrons. The minimum atomic E-state index is -1.15. The Morgan fingerprint density at radius 3 is 2.64 bits per heavy atom. The molecule has 1 rings (SSSR count). The van der Waals surface area contributed by atoms with E-state index in [-0.39, 0.29) is 6.54 Å². The van der Waals surface area contributed by atoms with Gasteiger partial charge in [-0.3, -0.25) is 4.90 Å². The maximum atomic E-state index is 10.4.